The number of urea groups is 1. The van der Waals surface area contributed by atoms with Crippen molar-refractivity contribution >= 4 is 23.3 Å². The smallest absolute Gasteiger partial charge is 0.321 e. The Labute approximate surface area is 165 Å². The minimum atomic E-state index is -0.105. The van der Waals surface area contributed by atoms with Crippen molar-refractivity contribution in [2.75, 3.05) is 12.4 Å². The summed E-state index contributed by atoms with van der Waals surface area (Å²) in [7, 11) is 1.87. The van der Waals surface area contributed by atoms with Crippen LogP contribution in [0, 0.1) is 5.92 Å². The van der Waals surface area contributed by atoms with Crippen LogP contribution in [0.4, 0.5) is 10.5 Å². The molecule has 2 amide bonds. The first kappa shape index (κ1) is 19.5. The van der Waals surface area contributed by atoms with Crippen LogP contribution in [0.5, 0.6) is 5.75 Å². The molecule has 0 unspecified atom stereocenters. The van der Waals surface area contributed by atoms with Gasteiger partial charge in [-0.05, 0) is 49.1 Å². The first-order valence-electron chi connectivity index (χ1n) is 9.40. The summed E-state index contributed by atoms with van der Waals surface area (Å²) >= 11 is 6.32. The summed E-state index contributed by atoms with van der Waals surface area (Å²) in [6.07, 6.45) is 6.40. The molecule has 2 atom stereocenters. The van der Waals surface area contributed by atoms with Gasteiger partial charge in [0, 0.05) is 25.0 Å². The van der Waals surface area contributed by atoms with E-state index in [1.54, 1.807) is 24.4 Å². The zero-order valence-electron chi connectivity index (χ0n) is 15.8. The molecule has 1 aromatic heterocycles. The van der Waals surface area contributed by atoms with Crippen molar-refractivity contribution in [1.82, 2.24) is 9.88 Å². The third-order valence-corrected chi connectivity index (χ3v) is 5.46. The summed E-state index contributed by atoms with van der Waals surface area (Å²) < 4.78 is 5.72. The predicted molar refractivity (Wildman–Crippen MR) is 108 cm³/mol. The number of rotatable bonds is 5. The lowest BCUT2D eigenvalue weighted by molar-refractivity contribution is 0.155. The second-order valence-electron chi connectivity index (χ2n) is 7.13. The highest BCUT2D eigenvalue weighted by atomic mass is 35.5. The number of benzene rings is 1. The van der Waals surface area contributed by atoms with E-state index in [9.17, 15) is 4.79 Å². The standard InChI is InChI=1S/C21H26ClN3O2/c1-15-7-3-4-9-19(15)25(2)21(26)24-16-10-11-20(18(22)13-16)27-14-17-8-5-6-12-23-17/h5-6,8,10-13,15,19H,3-4,7,9,14H2,1-2H3,(H,24,26)/t15-,19+/m1/s1. The van der Waals surface area contributed by atoms with Gasteiger partial charge >= 0.3 is 6.03 Å². The summed E-state index contributed by atoms with van der Waals surface area (Å²) in [4.78, 5) is 18.6. The molecule has 1 heterocycles. The summed E-state index contributed by atoms with van der Waals surface area (Å²) in [5.41, 5.74) is 1.49. The van der Waals surface area contributed by atoms with Gasteiger partial charge in [-0.2, -0.15) is 0 Å². The van der Waals surface area contributed by atoms with Crippen LogP contribution in [0.1, 0.15) is 38.3 Å². The Balaban J connectivity index is 1.59. The fraction of sp³-hybridized carbons (Fsp3) is 0.429. The van der Waals surface area contributed by atoms with Crippen LogP contribution in [0.3, 0.4) is 0 Å². The fourth-order valence-corrected chi connectivity index (χ4v) is 3.80. The van der Waals surface area contributed by atoms with Gasteiger partial charge < -0.3 is 15.0 Å². The lowest BCUT2D eigenvalue weighted by Gasteiger charge is -2.36. The molecule has 3 rings (SSSR count). The Kier molecular flexibility index (Phi) is 6.56. The molecule has 0 radical (unpaired) electrons. The van der Waals surface area contributed by atoms with Gasteiger partial charge in [-0.3, -0.25) is 4.98 Å². The molecule has 1 aliphatic carbocycles. The van der Waals surface area contributed by atoms with Gasteiger partial charge in [-0.1, -0.05) is 37.4 Å². The number of carbonyl (C=O) groups is 1. The van der Waals surface area contributed by atoms with Crippen LogP contribution in [-0.2, 0) is 6.61 Å². The fourth-order valence-electron chi connectivity index (χ4n) is 3.57. The third-order valence-electron chi connectivity index (χ3n) is 5.17. The van der Waals surface area contributed by atoms with Gasteiger partial charge in [0.2, 0.25) is 0 Å². The number of pyridine rings is 1. The van der Waals surface area contributed by atoms with Gasteiger partial charge in [-0.15, -0.1) is 0 Å². The number of amides is 2. The van der Waals surface area contributed by atoms with E-state index in [-0.39, 0.29) is 12.1 Å². The molecule has 0 bridgehead atoms. The summed E-state index contributed by atoms with van der Waals surface area (Å²) in [6, 6.07) is 11.1. The van der Waals surface area contributed by atoms with Gasteiger partial charge in [0.1, 0.15) is 12.4 Å². The number of carbonyl (C=O) groups excluding carboxylic acids is 1. The SMILES string of the molecule is C[C@@H]1CCCC[C@@H]1N(C)C(=O)Nc1ccc(OCc2ccccn2)c(Cl)c1. The summed E-state index contributed by atoms with van der Waals surface area (Å²) in [5, 5.41) is 3.39. The lowest BCUT2D eigenvalue weighted by Crippen LogP contribution is -2.44. The Morgan fingerprint density at radius 2 is 2.11 bits per heavy atom. The van der Waals surface area contributed by atoms with E-state index in [4.69, 9.17) is 16.3 Å². The lowest BCUT2D eigenvalue weighted by atomic mass is 9.85. The van der Waals surface area contributed by atoms with Gasteiger partial charge in [0.25, 0.3) is 0 Å². The molecule has 1 aromatic carbocycles. The zero-order chi connectivity index (χ0) is 19.2. The van der Waals surface area contributed by atoms with Crippen LogP contribution in [0.25, 0.3) is 0 Å². The van der Waals surface area contributed by atoms with E-state index in [1.807, 2.05) is 30.1 Å². The average molecular weight is 388 g/mol. The average Bonchev–Trinajstić information content (AvgIpc) is 2.68. The Hall–Kier alpha value is -2.27. The van der Waals surface area contributed by atoms with Crippen LogP contribution >= 0.6 is 11.6 Å². The molecule has 1 aliphatic rings. The first-order valence-corrected chi connectivity index (χ1v) is 9.78. The van der Waals surface area contributed by atoms with E-state index in [1.165, 1.54) is 19.3 Å². The maximum absolute atomic E-state index is 12.6. The van der Waals surface area contributed by atoms with Crippen molar-refractivity contribution in [2.45, 2.75) is 45.3 Å². The molecule has 1 saturated carbocycles. The topological polar surface area (TPSA) is 54.5 Å². The molecule has 0 saturated heterocycles. The zero-order valence-corrected chi connectivity index (χ0v) is 16.6. The Morgan fingerprint density at radius 3 is 2.81 bits per heavy atom. The molecule has 144 valence electrons. The number of nitrogens with one attached hydrogen (secondary N) is 1. The third kappa shape index (κ3) is 5.13. The van der Waals surface area contributed by atoms with Crippen molar-refractivity contribution in [3.05, 3.63) is 53.3 Å². The molecule has 0 spiro atoms. The van der Waals surface area contributed by atoms with Crippen molar-refractivity contribution < 1.29 is 9.53 Å². The molecule has 0 aliphatic heterocycles. The Morgan fingerprint density at radius 1 is 1.30 bits per heavy atom. The van der Waals surface area contributed by atoms with E-state index in [2.05, 4.69) is 17.2 Å². The van der Waals surface area contributed by atoms with E-state index in [0.29, 0.717) is 29.0 Å². The molecular formula is C21H26ClN3O2. The summed E-state index contributed by atoms with van der Waals surface area (Å²) in [5.74, 6) is 1.09. The predicted octanol–water partition coefficient (Wildman–Crippen LogP) is 5.36. The largest absolute Gasteiger partial charge is 0.486 e. The molecule has 27 heavy (non-hydrogen) atoms. The van der Waals surface area contributed by atoms with Crippen LogP contribution < -0.4 is 10.1 Å². The second kappa shape index (κ2) is 9.09. The van der Waals surface area contributed by atoms with E-state index < -0.39 is 0 Å². The number of hydrogen-bond acceptors (Lipinski definition) is 3. The number of nitrogens with zero attached hydrogens (tertiary/aromatic N) is 2. The molecule has 1 fully saturated rings. The van der Waals surface area contributed by atoms with Crippen LogP contribution in [-0.4, -0.2) is 29.0 Å². The molecule has 6 heteroatoms. The number of halogens is 1. The molecular weight excluding hydrogens is 362 g/mol. The number of hydrogen-bond donors (Lipinski definition) is 1. The van der Waals surface area contributed by atoms with E-state index in [0.717, 1.165) is 12.1 Å². The highest BCUT2D eigenvalue weighted by Crippen LogP contribution is 2.30. The molecule has 5 nitrogen and oxygen atoms in total. The van der Waals surface area contributed by atoms with Gasteiger partial charge in [-0.25, -0.2) is 4.79 Å². The highest BCUT2D eigenvalue weighted by Gasteiger charge is 2.27. The van der Waals surface area contributed by atoms with Gasteiger partial charge in [0.15, 0.2) is 0 Å². The van der Waals surface area contributed by atoms with Crippen LogP contribution in [0.15, 0.2) is 42.6 Å². The quantitative estimate of drug-likeness (QED) is 0.751. The minimum Gasteiger partial charge on any atom is -0.486 e. The summed E-state index contributed by atoms with van der Waals surface area (Å²) in [6.45, 7) is 2.56. The first-order chi connectivity index (χ1) is 13.0. The van der Waals surface area contributed by atoms with E-state index >= 15 is 0 Å². The number of aromatic nitrogens is 1. The Bertz CT molecular complexity index is 769. The highest BCUT2D eigenvalue weighted by molar-refractivity contribution is 6.32. The maximum Gasteiger partial charge on any atom is 0.321 e. The van der Waals surface area contributed by atoms with Crippen molar-refractivity contribution in [3.63, 3.8) is 0 Å². The molecule has 1 N–H and O–H groups in total. The minimum absolute atomic E-state index is 0.105. The van der Waals surface area contributed by atoms with Crippen LogP contribution in [0.2, 0.25) is 5.02 Å². The maximum atomic E-state index is 12.6. The number of anilines is 1. The number of ether oxygens (including phenoxy) is 1. The second-order valence-corrected chi connectivity index (χ2v) is 7.53. The van der Waals surface area contributed by atoms with Gasteiger partial charge in [0.05, 0.1) is 10.7 Å². The van der Waals surface area contributed by atoms with Crippen molar-refractivity contribution in [1.29, 1.82) is 0 Å². The van der Waals surface area contributed by atoms with Crippen molar-refractivity contribution in [2.24, 2.45) is 5.92 Å². The molecule has 2 aromatic rings. The normalized spacial score (nSPS) is 19.4. The van der Waals surface area contributed by atoms with Crippen molar-refractivity contribution in [3.8, 4) is 5.75 Å². The monoisotopic (exact) mass is 387 g/mol.